The molecule has 1 aliphatic heterocycles. The summed E-state index contributed by atoms with van der Waals surface area (Å²) in [4.78, 5) is 27.2. The number of aromatic amines is 1. The Morgan fingerprint density at radius 1 is 1.12 bits per heavy atom. The van der Waals surface area contributed by atoms with Crippen molar-refractivity contribution < 1.29 is 14.3 Å². The molecule has 1 aromatic heterocycles. The number of fused-ring (bicyclic) bond motifs is 1. The van der Waals surface area contributed by atoms with E-state index >= 15 is 0 Å². The molecule has 2 N–H and O–H groups in total. The quantitative estimate of drug-likeness (QED) is 0.764. The lowest BCUT2D eigenvalue weighted by Crippen LogP contribution is -2.24. The molecule has 0 aliphatic carbocycles. The van der Waals surface area contributed by atoms with Crippen molar-refractivity contribution in [3.8, 4) is 11.5 Å². The topological polar surface area (TPSA) is 85.3 Å². The molecule has 0 fully saturated rings. The van der Waals surface area contributed by atoms with Gasteiger partial charge in [0.05, 0.1) is 6.54 Å². The van der Waals surface area contributed by atoms with Crippen molar-refractivity contribution >= 4 is 11.6 Å². The van der Waals surface area contributed by atoms with Gasteiger partial charge in [0.15, 0.2) is 11.5 Å². The van der Waals surface area contributed by atoms with E-state index in [0.717, 1.165) is 5.56 Å². The molecular formula is C18H15N3O4. The number of nitrogens with one attached hydrogen (secondary N) is 2. The Labute approximate surface area is 142 Å². The van der Waals surface area contributed by atoms with Crippen LogP contribution in [0.3, 0.4) is 0 Å². The van der Waals surface area contributed by atoms with Crippen molar-refractivity contribution in [2.45, 2.75) is 6.54 Å². The molecule has 0 spiro atoms. The highest BCUT2D eigenvalue weighted by Gasteiger charge is 2.17. The number of carbonyl (C=O) groups excluding carboxylic acids is 1. The van der Waals surface area contributed by atoms with Crippen LogP contribution in [0.1, 0.15) is 16.1 Å². The van der Waals surface area contributed by atoms with Crippen LogP contribution in [-0.2, 0) is 6.54 Å². The Bertz CT molecular complexity index is 975. The van der Waals surface area contributed by atoms with E-state index in [4.69, 9.17) is 9.47 Å². The number of imidazole rings is 1. The van der Waals surface area contributed by atoms with Crippen LogP contribution in [-0.4, -0.2) is 22.3 Å². The summed E-state index contributed by atoms with van der Waals surface area (Å²) in [6, 6.07) is 14.6. The number of benzene rings is 2. The maximum absolute atomic E-state index is 12.6. The smallest absolute Gasteiger partial charge is 0.326 e. The second-order valence-corrected chi connectivity index (χ2v) is 5.57. The lowest BCUT2D eigenvalue weighted by molar-refractivity contribution is 0.101. The first-order valence-electron chi connectivity index (χ1n) is 7.74. The summed E-state index contributed by atoms with van der Waals surface area (Å²) in [6.07, 6.45) is 1.41. The minimum atomic E-state index is -0.381. The van der Waals surface area contributed by atoms with Crippen LogP contribution < -0.4 is 20.5 Å². The van der Waals surface area contributed by atoms with E-state index in [1.54, 1.807) is 18.2 Å². The predicted octanol–water partition coefficient (Wildman–Crippen LogP) is 2.21. The van der Waals surface area contributed by atoms with Crippen molar-refractivity contribution in [1.82, 2.24) is 9.55 Å². The van der Waals surface area contributed by atoms with Gasteiger partial charge in [-0.05, 0) is 17.7 Å². The van der Waals surface area contributed by atoms with Crippen molar-refractivity contribution in [2.24, 2.45) is 0 Å². The molecule has 0 bridgehead atoms. The maximum Gasteiger partial charge on any atom is 0.326 e. The highest BCUT2D eigenvalue weighted by molar-refractivity contribution is 6.03. The van der Waals surface area contributed by atoms with Crippen molar-refractivity contribution in [3.05, 3.63) is 76.5 Å². The number of hydrogen-bond acceptors (Lipinski definition) is 4. The zero-order valence-electron chi connectivity index (χ0n) is 13.2. The molecule has 2 aromatic carbocycles. The third kappa shape index (κ3) is 2.99. The van der Waals surface area contributed by atoms with Crippen LogP contribution in [0.25, 0.3) is 0 Å². The summed E-state index contributed by atoms with van der Waals surface area (Å²) in [5.74, 6) is 0.835. The number of ether oxygens (including phenoxy) is 2. The molecule has 126 valence electrons. The first-order chi connectivity index (χ1) is 12.2. The van der Waals surface area contributed by atoms with Crippen LogP contribution in [0.4, 0.5) is 5.69 Å². The van der Waals surface area contributed by atoms with Gasteiger partial charge in [-0.15, -0.1) is 0 Å². The fourth-order valence-corrected chi connectivity index (χ4v) is 2.68. The number of nitrogens with zero attached hydrogens (tertiary/aromatic N) is 1. The van der Waals surface area contributed by atoms with Gasteiger partial charge in [0.2, 0.25) is 6.79 Å². The zero-order chi connectivity index (χ0) is 17.2. The molecule has 7 heteroatoms. The molecule has 0 unspecified atom stereocenters. The van der Waals surface area contributed by atoms with Crippen LogP contribution in [0.5, 0.6) is 11.5 Å². The normalized spacial score (nSPS) is 12.2. The number of H-pyrrole nitrogens is 1. The molecule has 0 saturated heterocycles. The summed E-state index contributed by atoms with van der Waals surface area (Å²) in [7, 11) is 0. The zero-order valence-corrected chi connectivity index (χ0v) is 13.2. The standard InChI is InChI=1S/C18H15N3O4/c22-17(20-13-6-7-15-16(8-13)25-11-24-15)14-9-19-18(23)21(14)10-12-4-2-1-3-5-12/h1-9H,10-11H2,(H,19,23)(H,20,22). The van der Waals surface area contributed by atoms with Gasteiger partial charge in [-0.3, -0.25) is 9.36 Å². The summed E-state index contributed by atoms with van der Waals surface area (Å²) >= 11 is 0. The van der Waals surface area contributed by atoms with Gasteiger partial charge in [-0.2, -0.15) is 0 Å². The number of anilines is 1. The number of amides is 1. The fraction of sp³-hybridized carbons (Fsp3) is 0.111. The molecule has 7 nitrogen and oxygen atoms in total. The first kappa shape index (κ1) is 15.1. The maximum atomic E-state index is 12.6. The third-order valence-electron chi connectivity index (χ3n) is 3.91. The van der Waals surface area contributed by atoms with Crippen molar-refractivity contribution in [3.63, 3.8) is 0 Å². The van der Waals surface area contributed by atoms with E-state index in [1.807, 2.05) is 30.3 Å². The average Bonchev–Trinajstić information content (AvgIpc) is 3.23. The molecule has 3 aromatic rings. The SMILES string of the molecule is O=C(Nc1ccc2c(c1)OCO2)c1c[nH]c(=O)n1Cc1ccccc1. The number of aromatic nitrogens is 2. The van der Waals surface area contributed by atoms with Gasteiger partial charge in [0.1, 0.15) is 5.69 Å². The van der Waals surface area contributed by atoms with Gasteiger partial charge in [-0.25, -0.2) is 4.79 Å². The summed E-state index contributed by atoms with van der Waals surface area (Å²) in [5.41, 5.74) is 1.42. The minimum absolute atomic E-state index is 0.168. The van der Waals surface area contributed by atoms with E-state index in [-0.39, 0.29) is 24.1 Å². The summed E-state index contributed by atoms with van der Waals surface area (Å²) in [6.45, 7) is 0.480. The molecular weight excluding hydrogens is 322 g/mol. The largest absolute Gasteiger partial charge is 0.454 e. The highest BCUT2D eigenvalue weighted by atomic mass is 16.7. The average molecular weight is 337 g/mol. The van der Waals surface area contributed by atoms with E-state index in [9.17, 15) is 9.59 Å². The lowest BCUT2D eigenvalue weighted by Gasteiger charge is -2.09. The molecule has 25 heavy (non-hydrogen) atoms. The number of hydrogen-bond donors (Lipinski definition) is 2. The molecule has 1 aliphatic rings. The lowest BCUT2D eigenvalue weighted by atomic mass is 10.2. The van der Waals surface area contributed by atoms with Gasteiger partial charge in [-0.1, -0.05) is 30.3 Å². The second-order valence-electron chi connectivity index (χ2n) is 5.57. The van der Waals surface area contributed by atoms with E-state index in [0.29, 0.717) is 23.7 Å². The minimum Gasteiger partial charge on any atom is -0.454 e. The van der Waals surface area contributed by atoms with Crippen molar-refractivity contribution in [1.29, 1.82) is 0 Å². The van der Waals surface area contributed by atoms with Crippen LogP contribution in [0, 0.1) is 0 Å². The molecule has 2 heterocycles. The molecule has 1 amide bonds. The third-order valence-corrected chi connectivity index (χ3v) is 3.91. The number of rotatable bonds is 4. The van der Waals surface area contributed by atoms with E-state index < -0.39 is 0 Å². The Morgan fingerprint density at radius 3 is 2.76 bits per heavy atom. The fourth-order valence-electron chi connectivity index (χ4n) is 2.68. The van der Waals surface area contributed by atoms with Crippen LogP contribution in [0.15, 0.2) is 59.5 Å². The van der Waals surface area contributed by atoms with E-state index in [2.05, 4.69) is 10.3 Å². The van der Waals surface area contributed by atoms with Crippen LogP contribution >= 0.6 is 0 Å². The molecule has 4 rings (SSSR count). The predicted molar refractivity (Wildman–Crippen MR) is 91.1 cm³/mol. The molecule has 0 atom stereocenters. The molecule has 0 radical (unpaired) electrons. The first-order valence-corrected chi connectivity index (χ1v) is 7.74. The van der Waals surface area contributed by atoms with Crippen molar-refractivity contribution in [2.75, 3.05) is 12.1 Å². The van der Waals surface area contributed by atoms with Gasteiger partial charge in [0, 0.05) is 18.0 Å². The summed E-state index contributed by atoms with van der Waals surface area (Å²) < 4.78 is 11.9. The van der Waals surface area contributed by atoms with Gasteiger partial charge in [0.25, 0.3) is 5.91 Å². The Hall–Kier alpha value is -3.48. The van der Waals surface area contributed by atoms with E-state index in [1.165, 1.54) is 10.8 Å². The highest BCUT2D eigenvalue weighted by Crippen LogP contribution is 2.34. The van der Waals surface area contributed by atoms with Crippen LogP contribution in [0.2, 0.25) is 0 Å². The second kappa shape index (κ2) is 6.20. The number of carbonyl (C=O) groups is 1. The summed E-state index contributed by atoms with van der Waals surface area (Å²) in [5, 5.41) is 2.77. The monoisotopic (exact) mass is 337 g/mol. The Balaban J connectivity index is 1.57. The van der Waals surface area contributed by atoms with Gasteiger partial charge < -0.3 is 19.8 Å². The Morgan fingerprint density at radius 2 is 1.92 bits per heavy atom. The Kier molecular flexibility index (Phi) is 3.74. The van der Waals surface area contributed by atoms with Gasteiger partial charge >= 0.3 is 5.69 Å². The molecule has 0 saturated carbocycles.